The number of halogens is 2. The largest absolute Gasteiger partial charge is 0.366 e. The van der Waals surface area contributed by atoms with Crippen molar-refractivity contribution in [3.8, 4) is 17.2 Å². The highest BCUT2D eigenvalue weighted by atomic mass is 19.1. The first kappa shape index (κ1) is 32.0. The lowest BCUT2D eigenvalue weighted by Gasteiger charge is -2.18. The number of aromatic nitrogens is 3. The van der Waals surface area contributed by atoms with E-state index in [0.29, 0.717) is 45.7 Å². The molecule has 3 N–H and O–H groups in total. The van der Waals surface area contributed by atoms with Gasteiger partial charge in [-0.25, -0.2) is 13.8 Å². The molecule has 0 radical (unpaired) electrons. The zero-order valence-electron chi connectivity index (χ0n) is 26.2. The second kappa shape index (κ2) is 12.9. The maximum absolute atomic E-state index is 14.3. The van der Waals surface area contributed by atoms with Crippen molar-refractivity contribution < 1.29 is 18.4 Å². The lowest BCUT2D eigenvalue weighted by Crippen LogP contribution is -2.20. The standard InChI is InChI=1S/C29H27FN6O2.C7H7F/c1-14(2)9-22-24(27(32)37)23(25-26(35-22)15(3)34-29(25)38)20-10-18-7-8-36(28(18)33-13-20)16(4)17-5-6-19(12-31)21(30)11-17;1-6-2-4-7(8)5-3-6/h5-8,10-11,13-16H,9H2,1-4H3,(H2,32,37)(H,34,38);2-5H,1H3. The van der Waals surface area contributed by atoms with Gasteiger partial charge in [0.15, 0.2) is 0 Å². The molecule has 2 unspecified atom stereocenters. The molecule has 2 amide bonds. The van der Waals surface area contributed by atoms with Gasteiger partial charge in [0.25, 0.3) is 11.8 Å². The van der Waals surface area contributed by atoms with Crippen LogP contribution in [0.5, 0.6) is 0 Å². The fourth-order valence-electron chi connectivity index (χ4n) is 5.69. The topological polar surface area (TPSA) is 127 Å². The average molecular weight is 621 g/mol. The first-order valence-corrected chi connectivity index (χ1v) is 15.0. The summed E-state index contributed by atoms with van der Waals surface area (Å²) < 4.78 is 28.3. The molecule has 0 spiro atoms. The summed E-state index contributed by atoms with van der Waals surface area (Å²) in [6.45, 7) is 9.77. The van der Waals surface area contributed by atoms with Gasteiger partial charge in [0.1, 0.15) is 23.4 Å². The minimum Gasteiger partial charge on any atom is -0.366 e. The molecular formula is C36H34F2N6O2. The van der Waals surface area contributed by atoms with Crippen molar-refractivity contribution in [2.75, 3.05) is 0 Å². The van der Waals surface area contributed by atoms with Gasteiger partial charge >= 0.3 is 0 Å². The van der Waals surface area contributed by atoms with Gasteiger partial charge in [-0.3, -0.25) is 14.6 Å². The number of hydrogen-bond acceptors (Lipinski definition) is 5. The van der Waals surface area contributed by atoms with Gasteiger partial charge in [0, 0.05) is 28.9 Å². The van der Waals surface area contributed by atoms with Crippen LogP contribution in [-0.2, 0) is 6.42 Å². The summed E-state index contributed by atoms with van der Waals surface area (Å²) in [5.74, 6) is -1.47. The molecule has 0 aliphatic carbocycles. The van der Waals surface area contributed by atoms with Crippen LogP contribution >= 0.6 is 0 Å². The monoisotopic (exact) mass is 620 g/mol. The number of nitriles is 1. The van der Waals surface area contributed by atoms with Crippen molar-refractivity contribution in [3.05, 3.63) is 118 Å². The van der Waals surface area contributed by atoms with Gasteiger partial charge < -0.3 is 15.6 Å². The Balaban J connectivity index is 0.000000455. The highest BCUT2D eigenvalue weighted by molar-refractivity contribution is 6.11. The third kappa shape index (κ3) is 6.22. The first-order valence-electron chi connectivity index (χ1n) is 15.0. The van der Waals surface area contributed by atoms with Gasteiger partial charge in [-0.1, -0.05) is 37.6 Å². The van der Waals surface area contributed by atoms with Gasteiger partial charge in [-0.15, -0.1) is 0 Å². The molecule has 0 saturated carbocycles. The summed E-state index contributed by atoms with van der Waals surface area (Å²) in [5, 5.41) is 12.7. The lowest BCUT2D eigenvalue weighted by molar-refractivity contribution is 0.0958. The van der Waals surface area contributed by atoms with Crippen molar-refractivity contribution in [1.82, 2.24) is 19.9 Å². The Kier molecular flexibility index (Phi) is 8.96. The Labute approximate surface area is 265 Å². The van der Waals surface area contributed by atoms with Gasteiger partial charge in [0.05, 0.1) is 40.2 Å². The van der Waals surface area contributed by atoms with E-state index < -0.39 is 11.7 Å². The summed E-state index contributed by atoms with van der Waals surface area (Å²) in [6, 6.07) is 16.0. The molecule has 2 atom stereocenters. The molecule has 4 heterocycles. The van der Waals surface area contributed by atoms with Crippen molar-refractivity contribution in [2.45, 2.75) is 53.1 Å². The predicted molar refractivity (Wildman–Crippen MR) is 172 cm³/mol. The van der Waals surface area contributed by atoms with E-state index in [2.05, 4.69) is 5.32 Å². The van der Waals surface area contributed by atoms with Gasteiger partial charge in [0.2, 0.25) is 0 Å². The highest BCUT2D eigenvalue weighted by Crippen LogP contribution is 2.38. The number of carbonyl (C=O) groups is 2. The van der Waals surface area contributed by atoms with Gasteiger partial charge in [-0.05, 0) is 75.1 Å². The van der Waals surface area contributed by atoms with Crippen LogP contribution in [0.2, 0.25) is 0 Å². The molecule has 0 fully saturated rings. The number of carbonyl (C=O) groups excluding carboxylic acids is 2. The Morgan fingerprint density at radius 3 is 2.41 bits per heavy atom. The molecule has 8 nitrogen and oxygen atoms in total. The van der Waals surface area contributed by atoms with E-state index in [1.165, 1.54) is 24.3 Å². The number of amides is 2. The minimum atomic E-state index is -0.646. The van der Waals surface area contributed by atoms with E-state index >= 15 is 0 Å². The SMILES string of the molecule is CC(C)Cc1nc2c(c(-c3cnc4c(ccn4C(C)c4ccc(C#N)c(F)c4)c3)c1C(N)=O)C(=O)NC2C.Cc1ccc(F)cc1. The molecule has 10 heteroatoms. The number of hydrogen-bond donors (Lipinski definition) is 2. The number of nitrogens with two attached hydrogens (primary N) is 1. The summed E-state index contributed by atoms with van der Waals surface area (Å²) >= 11 is 0. The molecular weight excluding hydrogens is 586 g/mol. The Morgan fingerprint density at radius 1 is 1.09 bits per heavy atom. The molecule has 1 aliphatic rings. The van der Waals surface area contributed by atoms with Crippen LogP contribution in [0.1, 0.15) is 88.6 Å². The normalized spacial score (nSPS) is 14.3. The van der Waals surface area contributed by atoms with Crippen LogP contribution in [0, 0.1) is 35.8 Å². The van der Waals surface area contributed by atoms with Crippen molar-refractivity contribution in [3.63, 3.8) is 0 Å². The maximum atomic E-state index is 14.3. The number of rotatable bonds is 6. The predicted octanol–water partition coefficient (Wildman–Crippen LogP) is 6.95. The molecule has 0 bridgehead atoms. The third-order valence-electron chi connectivity index (χ3n) is 8.00. The van der Waals surface area contributed by atoms with Crippen LogP contribution in [0.4, 0.5) is 8.78 Å². The number of pyridine rings is 2. The number of primary amides is 1. The van der Waals surface area contributed by atoms with E-state index in [9.17, 15) is 18.4 Å². The number of benzene rings is 2. The molecule has 2 aromatic carbocycles. The first-order chi connectivity index (χ1) is 21.9. The van der Waals surface area contributed by atoms with E-state index in [1.807, 2.05) is 63.6 Å². The van der Waals surface area contributed by atoms with Crippen LogP contribution in [0.15, 0.2) is 67.0 Å². The van der Waals surface area contributed by atoms with Crippen molar-refractivity contribution in [1.29, 1.82) is 5.26 Å². The molecule has 0 saturated heterocycles. The van der Waals surface area contributed by atoms with Crippen LogP contribution in [0.25, 0.3) is 22.2 Å². The fourth-order valence-corrected chi connectivity index (χ4v) is 5.69. The van der Waals surface area contributed by atoms with E-state index in [4.69, 9.17) is 21.0 Å². The molecule has 234 valence electrons. The Hall–Kier alpha value is -5.43. The summed E-state index contributed by atoms with van der Waals surface area (Å²) in [6.07, 6.45) is 4.01. The number of nitrogens with zero attached hydrogens (tertiary/aromatic N) is 4. The van der Waals surface area contributed by atoms with Crippen LogP contribution < -0.4 is 11.1 Å². The van der Waals surface area contributed by atoms with E-state index in [1.54, 1.807) is 24.4 Å². The van der Waals surface area contributed by atoms with Crippen molar-refractivity contribution in [2.24, 2.45) is 11.7 Å². The maximum Gasteiger partial charge on any atom is 0.254 e. The molecule has 46 heavy (non-hydrogen) atoms. The Bertz CT molecular complexity index is 1990. The second-order valence-corrected chi connectivity index (χ2v) is 11.9. The Morgan fingerprint density at radius 2 is 1.80 bits per heavy atom. The highest BCUT2D eigenvalue weighted by Gasteiger charge is 2.35. The lowest BCUT2D eigenvalue weighted by atomic mass is 9.90. The molecule has 5 aromatic rings. The van der Waals surface area contributed by atoms with Crippen LogP contribution in [-0.4, -0.2) is 26.3 Å². The third-order valence-corrected chi connectivity index (χ3v) is 8.00. The number of aryl methyl sites for hydroxylation is 1. The van der Waals surface area contributed by atoms with E-state index in [-0.39, 0.29) is 40.9 Å². The zero-order valence-corrected chi connectivity index (χ0v) is 26.2. The molecule has 1 aliphatic heterocycles. The zero-order chi connectivity index (χ0) is 33.3. The second-order valence-electron chi connectivity index (χ2n) is 11.9. The van der Waals surface area contributed by atoms with Gasteiger partial charge in [-0.2, -0.15) is 5.26 Å². The van der Waals surface area contributed by atoms with E-state index in [0.717, 1.165) is 10.9 Å². The summed E-state index contributed by atoms with van der Waals surface area (Å²) in [7, 11) is 0. The number of nitrogens with one attached hydrogen (secondary N) is 1. The van der Waals surface area contributed by atoms with Crippen molar-refractivity contribution >= 4 is 22.8 Å². The number of fused-ring (bicyclic) bond motifs is 2. The summed E-state index contributed by atoms with van der Waals surface area (Å²) in [5.41, 5.74) is 11.1. The summed E-state index contributed by atoms with van der Waals surface area (Å²) in [4.78, 5) is 35.1. The molecule has 3 aromatic heterocycles. The van der Waals surface area contributed by atoms with Crippen LogP contribution in [0.3, 0.4) is 0 Å². The average Bonchev–Trinajstić information content (AvgIpc) is 3.56. The quantitative estimate of drug-likeness (QED) is 0.212. The smallest absolute Gasteiger partial charge is 0.254 e. The minimum absolute atomic E-state index is 0.00795. The fraction of sp³-hybridized carbons (Fsp3) is 0.250. The molecule has 6 rings (SSSR count).